The van der Waals surface area contributed by atoms with Crippen LogP contribution in [0.15, 0.2) is 92.3 Å². The zero-order chi connectivity index (χ0) is 37.5. The third kappa shape index (κ3) is 5.61. The Morgan fingerprint density at radius 3 is 1.94 bits per heavy atom. The zero-order valence-electron chi connectivity index (χ0n) is 31.5. The second kappa shape index (κ2) is 12.3. The summed E-state index contributed by atoms with van der Waals surface area (Å²) >= 11 is 0. The fraction of sp³-hybridized carbons (Fsp3) is 0.326. The molecule has 0 spiro atoms. The first-order chi connectivity index (χ1) is 25.9. The molecule has 0 saturated heterocycles. The molecule has 54 heavy (non-hydrogen) atoms. The molecule has 2 amide bonds. The Morgan fingerprint density at radius 2 is 1.26 bits per heavy atom. The number of imidazole rings is 2. The summed E-state index contributed by atoms with van der Waals surface area (Å²) in [5.74, 6) is 0.395. The summed E-state index contributed by atoms with van der Waals surface area (Å²) in [6, 6.07) is 15.0. The van der Waals surface area contributed by atoms with Crippen LogP contribution in [-0.2, 0) is 20.4 Å². The quantitative estimate of drug-likeness (QED) is 0.176. The predicted octanol–water partition coefficient (Wildman–Crippen LogP) is 7.45. The second-order valence-electron chi connectivity index (χ2n) is 16.0. The van der Waals surface area contributed by atoms with Crippen molar-refractivity contribution in [2.75, 3.05) is 9.80 Å². The van der Waals surface area contributed by atoms with Crippen molar-refractivity contribution >= 4 is 23.2 Å². The number of carbonyl (C=O) groups excluding carboxylic acids is 2. The largest absolute Gasteiger partial charge is 0.308 e. The molecule has 1 aromatic carbocycles. The average molecular weight is 718 g/mol. The van der Waals surface area contributed by atoms with E-state index in [2.05, 4.69) is 43.1 Å². The van der Waals surface area contributed by atoms with Gasteiger partial charge in [-0.15, -0.1) is 0 Å². The van der Waals surface area contributed by atoms with Gasteiger partial charge in [-0.1, -0.05) is 12.1 Å². The van der Waals surface area contributed by atoms with Crippen molar-refractivity contribution in [3.05, 3.63) is 115 Å². The number of fused-ring (bicyclic) bond motifs is 2. The van der Waals surface area contributed by atoms with Crippen LogP contribution in [0.5, 0.6) is 0 Å². The minimum atomic E-state index is -0.516. The van der Waals surface area contributed by atoms with Gasteiger partial charge >= 0.3 is 0 Å². The van der Waals surface area contributed by atoms with Crippen molar-refractivity contribution in [2.24, 2.45) is 0 Å². The number of anilines is 2. The molecule has 272 valence electrons. The van der Waals surface area contributed by atoms with Gasteiger partial charge in [-0.2, -0.15) is 0 Å². The molecule has 2 aliphatic heterocycles. The number of amides is 2. The van der Waals surface area contributed by atoms with Crippen molar-refractivity contribution in [1.82, 2.24) is 34.1 Å². The molecule has 11 heteroatoms. The van der Waals surface area contributed by atoms with E-state index in [4.69, 9.17) is 0 Å². The normalized spacial score (nSPS) is 18.0. The molecule has 2 fully saturated rings. The SMILES string of the molecule is Cc1cc(-n2cnc(-c3cc4c(cn3)C(C)(C)C(=O)N4C3CC3)c2)ccn1.Cc1cnccc1-n1cnc(-c2ccc3c(c2)N(C2CC2)C(=O)C3(C)C)c1. The van der Waals surface area contributed by atoms with Gasteiger partial charge in [0.15, 0.2) is 0 Å². The van der Waals surface area contributed by atoms with Crippen molar-refractivity contribution in [3.8, 4) is 34.0 Å². The maximum absolute atomic E-state index is 12.9. The van der Waals surface area contributed by atoms with E-state index >= 15 is 0 Å². The monoisotopic (exact) mass is 717 g/mol. The van der Waals surface area contributed by atoms with Crippen molar-refractivity contribution in [3.63, 3.8) is 0 Å². The number of nitrogens with zero attached hydrogens (tertiary/aromatic N) is 9. The average Bonchev–Trinajstić information content (AvgIpc) is 4.04. The van der Waals surface area contributed by atoms with Crippen LogP contribution >= 0.6 is 0 Å². The fourth-order valence-corrected chi connectivity index (χ4v) is 7.77. The first-order valence-electron chi connectivity index (χ1n) is 18.7. The smallest absolute Gasteiger partial charge is 0.237 e. The summed E-state index contributed by atoms with van der Waals surface area (Å²) in [6.07, 6.45) is 19.3. The highest BCUT2D eigenvalue weighted by atomic mass is 16.2. The van der Waals surface area contributed by atoms with Crippen molar-refractivity contribution < 1.29 is 9.59 Å². The van der Waals surface area contributed by atoms with Gasteiger partial charge in [0.25, 0.3) is 0 Å². The van der Waals surface area contributed by atoms with E-state index in [-0.39, 0.29) is 11.8 Å². The van der Waals surface area contributed by atoms with Gasteiger partial charge in [0.05, 0.1) is 46.2 Å². The molecule has 0 N–H and O–H groups in total. The number of pyridine rings is 3. The Bertz CT molecular complexity index is 2470. The standard InChI is InChI=1S/C22H22N4O.C21H21N5O/c1-14-11-23-9-8-19(14)25-12-18(24-13-25)15-4-7-17-20(10-15)26(16-5-6-16)21(27)22(17,2)3;1-13-8-15(6-7-22-13)25-11-18(24-12-25)17-9-19-16(10-23-17)21(2,3)20(27)26(19)14-4-5-14/h4,7-13,16H,5-6H2,1-3H3;6-12,14H,4-5H2,1-3H3. The van der Waals surface area contributed by atoms with Crippen molar-refractivity contribution in [1.29, 1.82) is 0 Å². The highest BCUT2D eigenvalue weighted by Crippen LogP contribution is 2.49. The van der Waals surface area contributed by atoms with Gasteiger partial charge < -0.3 is 18.9 Å². The lowest BCUT2D eigenvalue weighted by molar-refractivity contribution is -0.122. The van der Waals surface area contributed by atoms with Gasteiger partial charge in [-0.25, -0.2) is 9.97 Å². The summed E-state index contributed by atoms with van der Waals surface area (Å²) in [6.45, 7) is 12.0. The van der Waals surface area contributed by atoms with Crippen LogP contribution in [0.1, 0.15) is 75.8 Å². The Morgan fingerprint density at radius 1 is 0.611 bits per heavy atom. The first-order valence-corrected chi connectivity index (χ1v) is 18.7. The Hall–Kier alpha value is -5.97. The molecule has 0 radical (unpaired) electrons. The number of aromatic nitrogens is 7. The molecule has 4 aliphatic rings. The van der Waals surface area contributed by atoms with Crippen LogP contribution in [0, 0.1) is 13.8 Å². The maximum atomic E-state index is 12.9. The van der Waals surface area contributed by atoms with E-state index < -0.39 is 10.8 Å². The van der Waals surface area contributed by atoms with Gasteiger partial charge in [0.2, 0.25) is 11.8 Å². The molecule has 0 unspecified atom stereocenters. The molecule has 0 bridgehead atoms. The van der Waals surface area contributed by atoms with Gasteiger partial charge in [0.1, 0.15) is 5.69 Å². The first kappa shape index (κ1) is 33.8. The summed E-state index contributed by atoms with van der Waals surface area (Å²) < 4.78 is 3.99. The Kier molecular flexibility index (Phi) is 7.70. The molecule has 7 heterocycles. The minimum Gasteiger partial charge on any atom is -0.308 e. The number of hydrogen-bond acceptors (Lipinski definition) is 7. The molecular weight excluding hydrogens is 675 g/mol. The number of carbonyl (C=O) groups is 2. The van der Waals surface area contributed by atoms with Crippen LogP contribution in [-0.4, -0.2) is 58.0 Å². The number of aryl methyl sites for hydroxylation is 2. The molecule has 5 aromatic heterocycles. The second-order valence-corrected chi connectivity index (χ2v) is 16.0. The van der Waals surface area contributed by atoms with E-state index in [9.17, 15) is 9.59 Å². The Labute approximate surface area is 314 Å². The van der Waals surface area contributed by atoms with E-state index in [0.29, 0.717) is 12.1 Å². The minimum absolute atomic E-state index is 0.178. The fourth-order valence-electron chi connectivity index (χ4n) is 7.77. The third-order valence-corrected chi connectivity index (χ3v) is 11.2. The van der Waals surface area contributed by atoms with E-state index in [1.54, 1.807) is 18.7 Å². The highest BCUT2D eigenvalue weighted by molar-refractivity contribution is 6.09. The topological polar surface area (TPSA) is 115 Å². The van der Waals surface area contributed by atoms with E-state index in [1.807, 2.05) is 116 Å². The number of hydrogen-bond donors (Lipinski definition) is 0. The van der Waals surface area contributed by atoms with Crippen molar-refractivity contribution in [2.45, 2.75) is 90.1 Å². The van der Waals surface area contributed by atoms with Gasteiger partial charge in [0, 0.05) is 77.5 Å². The highest BCUT2D eigenvalue weighted by Gasteiger charge is 2.50. The van der Waals surface area contributed by atoms with E-state index in [0.717, 1.165) is 93.5 Å². The van der Waals surface area contributed by atoms with Crippen LogP contribution < -0.4 is 9.80 Å². The van der Waals surface area contributed by atoms with Crippen LogP contribution in [0.3, 0.4) is 0 Å². The lowest BCUT2D eigenvalue weighted by Crippen LogP contribution is -2.37. The molecule has 0 atom stereocenters. The van der Waals surface area contributed by atoms with Crippen LogP contribution in [0.4, 0.5) is 11.4 Å². The lowest BCUT2D eigenvalue weighted by atomic mass is 9.86. The maximum Gasteiger partial charge on any atom is 0.237 e. The Balaban J connectivity index is 0.000000142. The molecule has 10 rings (SSSR count). The predicted molar refractivity (Wildman–Crippen MR) is 208 cm³/mol. The molecular formula is C43H43N9O2. The summed E-state index contributed by atoms with van der Waals surface area (Å²) in [5, 5.41) is 0. The van der Waals surface area contributed by atoms with Gasteiger partial charge in [-0.05, 0) is 109 Å². The van der Waals surface area contributed by atoms with Crippen LogP contribution in [0.2, 0.25) is 0 Å². The molecule has 2 aliphatic carbocycles. The number of rotatable bonds is 6. The lowest BCUT2D eigenvalue weighted by Gasteiger charge is -2.19. The van der Waals surface area contributed by atoms with E-state index in [1.165, 1.54) is 0 Å². The zero-order valence-corrected chi connectivity index (χ0v) is 31.5. The van der Waals surface area contributed by atoms with Gasteiger partial charge in [-0.3, -0.25) is 24.5 Å². The third-order valence-electron chi connectivity index (χ3n) is 11.2. The molecule has 11 nitrogen and oxygen atoms in total. The summed E-state index contributed by atoms with van der Waals surface area (Å²) in [5.41, 5.74) is 10.9. The summed E-state index contributed by atoms with van der Waals surface area (Å²) in [7, 11) is 0. The summed E-state index contributed by atoms with van der Waals surface area (Å²) in [4.78, 5) is 52.0. The molecule has 6 aromatic rings. The van der Waals surface area contributed by atoms with Crippen LogP contribution in [0.25, 0.3) is 34.0 Å². The number of benzene rings is 1. The molecule has 2 saturated carbocycles.